The van der Waals surface area contributed by atoms with Gasteiger partial charge >= 0.3 is 183 Å². The van der Waals surface area contributed by atoms with Crippen molar-refractivity contribution in [2.45, 2.75) is 0 Å². The predicted octanol–water partition coefficient (Wildman–Crippen LogP) is -9.57. The molecule has 0 radical (unpaired) electrons. The van der Waals surface area contributed by atoms with E-state index in [9.17, 15) is 0 Å². The van der Waals surface area contributed by atoms with E-state index in [1.165, 1.54) is 0 Å². The van der Waals surface area contributed by atoms with Gasteiger partial charge in [-0.25, -0.2) is 0 Å². The Balaban J connectivity index is -0.0000000376. The van der Waals surface area contributed by atoms with E-state index in [4.69, 9.17) is 62.8 Å². The van der Waals surface area contributed by atoms with E-state index in [0.29, 0.717) is 0 Å². The van der Waals surface area contributed by atoms with Gasteiger partial charge in [-0.1, -0.05) is 0 Å². The van der Waals surface area contributed by atoms with Gasteiger partial charge < -0.3 is 0 Å². The first-order chi connectivity index (χ1) is 8.00. The fourth-order valence-corrected chi connectivity index (χ4v) is 0. The average molecular weight is 542 g/mol. The molecule has 0 aromatic carbocycles. The summed E-state index contributed by atoms with van der Waals surface area (Å²) in [6.45, 7) is 0. The van der Waals surface area contributed by atoms with Gasteiger partial charge in [0.05, 0.1) is 0 Å². The molecule has 16 nitrogen and oxygen atoms in total. The van der Waals surface area contributed by atoms with Crippen LogP contribution in [0.5, 0.6) is 0 Å². The molecule has 0 aromatic heterocycles. The summed E-state index contributed by atoms with van der Waals surface area (Å²) in [6, 6.07) is 0. The fraction of sp³-hybridized carbons (Fsp3) is 0. The van der Waals surface area contributed by atoms with Crippen LogP contribution in [-0.2, 0) is 97.9 Å². The quantitative estimate of drug-likeness (QED) is 0.257. The second kappa shape index (κ2) is 16.2. The van der Waals surface area contributed by atoms with Crippen molar-refractivity contribution in [2.24, 2.45) is 0 Å². The van der Waals surface area contributed by atoms with Crippen molar-refractivity contribution in [2.75, 3.05) is 0 Å². The molecule has 0 fully saturated rings. The molecule has 128 valence electrons. The van der Waals surface area contributed by atoms with Gasteiger partial charge in [-0.3, -0.25) is 0 Å². The number of hydrogen-bond acceptors (Lipinski definition) is 16. The van der Waals surface area contributed by atoms with Crippen LogP contribution in [0.4, 0.5) is 0 Å². The van der Waals surface area contributed by atoms with Crippen LogP contribution >= 0.6 is 0 Å². The van der Waals surface area contributed by atoms with E-state index >= 15 is 0 Å². The Kier molecular flexibility index (Phi) is 28.6. The Bertz CT molecular complexity index is 679. The van der Waals surface area contributed by atoms with Crippen LogP contribution in [0, 0.1) is 0 Å². The Morgan fingerprint density at radius 1 is 0.364 bits per heavy atom. The van der Waals surface area contributed by atoms with Gasteiger partial charge in [0.1, 0.15) is 0 Å². The first-order valence-electron chi connectivity index (χ1n) is 2.47. The molecule has 22 heavy (non-hydrogen) atoms. The van der Waals surface area contributed by atoms with Gasteiger partial charge in [0.25, 0.3) is 0 Å². The number of rotatable bonds is 0. The average Bonchev–Trinajstić information content (AvgIpc) is 1.62. The maximum absolute atomic E-state index is 8.58. The minimum atomic E-state index is -5.62. The van der Waals surface area contributed by atoms with Crippen LogP contribution in [0.1, 0.15) is 0 Å². The molecule has 0 aliphatic heterocycles. The second-order valence-corrected chi connectivity index (χ2v) is 6.23. The van der Waals surface area contributed by atoms with Crippen LogP contribution in [-0.4, -0.2) is 17.4 Å². The van der Waals surface area contributed by atoms with E-state index in [1.807, 2.05) is 0 Å². The fourth-order valence-electron chi connectivity index (χ4n) is 0. The van der Waals surface area contributed by atoms with Crippen LogP contribution < -0.4 is 68.1 Å². The zero-order valence-corrected chi connectivity index (χ0v) is 18.6. The zero-order chi connectivity index (χ0) is 18.0. The van der Waals surface area contributed by atoms with E-state index in [1.54, 1.807) is 0 Å². The topological polar surface area (TPSA) is 297 Å². The van der Waals surface area contributed by atoms with Gasteiger partial charge in [0.2, 0.25) is 0 Å². The summed E-state index contributed by atoms with van der Waals surface area (Å²) in [7, 11) is 0. The minimum absolute atomic E-state index is 0. The van der Waals surface area contributed by atoms with Crippen molar-refractivity contribution in [1.82, 2.24) is 0 Å². The van der Waals surface area contributed by atoms with Crippen molar-refractivity contribution < 1.29 is 166 Å². The molecular weight excluding hydrogens is 542 g/mol. The Hall–Kier alpha value is 1.69. The van der Waals surface area contributed by atoms with Crippen molar-refractivity contribution in [3.05, 3.63) is 0 Å². The molecule has 0 amide bonds. The van der Waals surface area contributed by atoms with Crippen LogP contribution in [0.2, 0.25) is 0 Å². The van der Waals surface area contributed by atoms with Crippen LogP contribution in [0.3, 0.4) is 0 Å². The summed E-state index contributed by atoms with van der Waals surface area (Å²) in [5.74, 6) is 0. The van der Waals surface area contributed by atoms with E-state index in [-0.39, 0.29) is 68.7 Å². The Labute approximate surface area is 180 Å². The molecular formula is AlKMn4O16. The molecule has 0 aromatic rings. The standard InChI is InChI=1S/Al.K.4Mn.16O/q+3;+1;;;;;;;;;;;;;;;;;4*-1. The third kappa shape index (κ3) is 3260. The summed E-state index contributed by atoms with van der Waals surface area (Å²) in [6.07, 6.45) is 0. The van der Waals surface area contributed by atoms with Crippen molar-refractivity contribution >= 4 is 17.4 Å². The first-order valence-corrected chi connectivity index (χ1v) is 10.2. The predicted molar refractivity (Wildman–Crippen MR) is 14.0 cm³/mol. The number of hydrogen-bond donors (Lipinski definition) is 0. The SMILES string of the molecule is [Al+3].[K+].[O]=[Mn](=[O])(=[O])[O-].[O]=[Mn](=[O])(=[O])[O-].[O]=[Mn](=[O])(=[O])[O-].[O]=[Mn](=[O])(=[O])[O-]. The third-order valence-electron chi connectivity index (χ3n) is 0. The Morgan fingerprint density at radius 2 is 0.364 bits per heavy atom. The van der Waals surface area contributed by atoms with Crippen LogP contribution in [0.15, 0.2) is 0 Å². The second-order valence-electron chi connectivity index (χ2n) is 1.51. The summed E-state index contributed by atoms with van der Waals surface area (Å²) in [5.41, 5.74) is 0. The molecule has 0 spiro atoms. The molecule has 22 heteroatoms. The zero-order valence-electron chi connectivity index (χ0n) is 9.62. The van der Waals surface area contributed by atoms with Gasteiger partial charge in [-0.15, -0.1) is 0 Å². The van der Waals surface area contributed by atoms with Gasteiger partial charge in [-0.05, 0) is 0 Å². The molecule has 0 atom stereocenters. The van der Waals surface area contributed by atoms with E-state index in [2.05, 4.69) is 0 Å². The normalized spacial score (nSPS) is 10.4. The van der Waals surface area contributed by atoms with Crippen molar-refractivity contribution in [3.8, 4) is 0 Å². The summed E-state index contributed by atoms with van der Waals surface area (Å²) >= 11 is -22.5. The van der Waals surface area contributed by atoms with Gasteiger partial charge in [0.15, 0.2) is 0 Å². The summed E-state index contributed by atoms with van der Waals surface area (Å²) < 4.78 is 137. The molecule has 0 N–H and O–H groups in total. The summed E-state index contributed by atoms with van der Waals surface area (Å²) in [4.78, 5) is 0. The van der Waals surface area contributed by atoms with Gasteiger partial charge in [0, 0.05) is 0 Å². The van der Waals surface area contributed by atoms with Crippen molar-refractivity contribution in [1.29, 1.82) is 0 Å². The van der Waals surface area contributed by atoms with Gasteiger partial charge in [-0.2, -0.15) is 0 Å². The van der Waals surface area contributed by atoms with E-state index < -0.39 is 51.9 Å². The third-order valence-corrected chi connectivity index (χ3v) is 0. The van der Waals surface area contributed by atoms with Crippen molar-refractivity contribution in [3.63, 3.8) is 0 Å². The molecule has 0 saturated carbocycles. The molecule has 0 aliphatic rings. The maximum atomic E-state index is 8.58. The molecule has 0 rings (SSSR count). The van der Waals surface area contributed by atoms with E-state index in [0.717, 1.165) is 0 Å². The summed E-state index contributed by atoms with van der Waals surface area (Å²) in [5, 5.41) is 0. The monoisotopic (exact) mass is 542 g/mol. The molecule has 0 heterocycles. The van der Waals surface area contributed by atoms with Crippen LogP contribution in [0.25, 0.3) is 0 Å². The molecule has 0 unspecified atom stereocenters. The first kappa shape index (κ1) is 39.0. The Morgan fingerprint density at radius 3 is 0.364 bits per heavy atom. The molecule has 0 aliphatic carbocycles. The molecule has 0 bridgehead atoms. The molecule has 0 saturated heterocycles.